The third-order valence-corrected chi connectivity index (χ3v) is 3.32. The minimum Gasteiger partial charge on any atom is -0.324 e. The number of carbonyl (C=O) groups excluding carboxylic acids is 1. The van der Waals surface area contributed by atoms with Gasteiger partial charge < -0.3 is 5.32 Å². The molecule has 134 valence electrons. The highest BCUT2D eigenvalue weighted by Gasteiger charge is 2.30. The lowest BCUT2D eigenvalue weighted by Gasteiger charge is -2.08. The molecule has 3 aromatic rings. The van der Waals surface area contributed by atoms with Crippen LogP contribution in [-0.2, 0) is 17.5 Å². The molecule has 6 nitrogen and oxygen atoms in total. The molecule has 1 N–H and O–H groups in total. The fraction of sp³-hybridized carbons (Fsp3) is 0.125. The minimum atomic E-state index is -4.44. The Kier molecular flexibility index (Phi) is 4.65. The van der Waals surface area contributed by atoms with Gasteiger partial charge in [-0.25, -0.2) is 4.39 Å². The Morgan fingerprint density at radius 3 is 2.50 bits per heavy atom. The number of carbonyl (C=O) groups is 1. The van der Waals surface area contributed by atoms with Crippen molar-refractivity contribution in [2.45, 2.75) is 12.7 Å². The molecule has 0 radical (unpaired) electrons. The molecule has 0 saturated carbocycles. The van der Waals surface area contributed by atoms with Gasteiger partial charge in [0.05, 0.1) is 5.56 Å². The first-order valence-corrected chi connectivity index (χ1v) is 7.32. The second-order valence-electron chi connectivity index (χ2n) is 5.28. The van der Waals surface area contributed by atoms with E-state index in [2.05, 4.69) is 20.7 Å². The molecule has 1 amide bonds. The van der Waals surface area contributed by atoms with Crippen LogP contribution in [-0.4, -0.2) is 26.1 Å². The summed E-state index contributed by atoms with van der Waals surface area (Å²) in [6, 6.07) is 9.60. The van der Waals surface area contributed by atoms with E-state index in [4.69, 9.17) is 0 Å². The number of rotatable bonds is 4. The van der Waals surface area contributed by atoms with Crippen molar-refractivity contribution >= 4 is 11.6 Å². The van der Waals surface area contributed by atoms with Crippen molar-refractivity contribution in [3.8, 4) is 11.4 Å². The number of benzene rings is 2. The largest absolute Gasteiger partial charge is 0.416 e. The van der Waals surface area contributed by atoms with Crippen molar-refractivity contribution in [3.63, 3.8) is 0 Å². The second-order valence-corrected chi connectivity index (χ2v) is 5.28. The van der Waals surface area contributed by atoms with Crippen LogP contribution in [0.15, 0.2) is 48.5 Å². The predicted octanol–water partition coefficient (Wildman–Crippen LogP) is 3.14. The van der Waals surface area contributed by atoms with E-state index in [1.165, 1.54) is 18.2 Å². The van der Waals surface area contributed by atoms with Crippen molar-refractivity contribution in [2.24, 2.45) is 0 Å². The molecule has 3 rings (SSSR count). The Balaban J connectivity index is 1.64. The first-order valence-electron chi connectivity index (χ1n) is 7.32. The van der Waals surface area contributed by atoms with Gasteiger partial charge in [-0.1, -0.05) is 12.1 Å². The Morgan fingerprint density at radius 1 is 1.12 bits per heavy atom. The van der Waals surface area contributed by atoms with Crippen LogP contribution in [0.3, 0.4) is 0 Å². The zero-order valence-electron chi connectivity index (χ0n) is 13.0. The highest BCUT2D eigenvalue weighted by atomic mass is 19.4. The van der Waals surface area contributed by atoms with Crippen molar-refractivity contribution < 1.29 is 22.4 Å². The van der Waals surface area contributed by atoms with Gasteiger partial charge in [0.15, 0.2) is 0 Å². The van der Waals surface area contributed by atoms with Gasteiger partial charge in [-0.05, 0) is 41.6 Å². The minimum absolute atomic E-state index is 0.145. The van der Waals surface area contributed by atoms with Gasteiger partial charge >= 0.3 is 6.18 Å². The number of hydrogen-bond acceptors (Lipinski definition) is 4. The number of hydrogen-bond donors (Lipinski definition) is 1. The Hall–Kier alpha value is -3.30. The molecule has 0 aliphatic rings. The number of aromatic nitrogens is 4. The van der Waals surface area contributed by atoms with Crippen molar-refractivity contribution in [2.75, 3.05) is 5.32 Å². The van der Waals surface area contributed by atoms with E-state index < -0.39 is 23.5 Å². The van der Waals surface area contributed by atoms with Gasteiger partial charge in [0, 0.05) is 11.3 Å². The van der Waals surface area contributed by atoms with Crippen LogP contribution < -0.4 is 5.32 Å². The van der Waals surface area contributed by atoms with Crippen LogP contribution in [0.2, 0.25) is 0 Å². The van der Waals surface area contributed by atoms with E-state index in [-0.39, 0.29) is 18.1 Å². The summed E-state index contributed by atoms with van der Waals surface area (Å²) in [6.07, 6.45) is -4.44. The average molecular weight is 365 g/mol. The van der Waals surface area contributed by atoms with Crippen LogP contribution in [0.5, 0.6) is 0 Å². The zero-order chi connectivity index (χ0) is 18.7. The average Bonchev–Trinajstić information content (AvgIpc) is 3.03. The lowest BCUT2D eigenvalue weighted by atomic mass is 10.2. The quantitative estimate of drug-likeness (QED) is 0.721. The fourth-order valence-electron chi connectivity index (χ4n) is 2.12. The van der Waals surface area contributed by atoms with Gasteiger partial charge in [-0.15, -0.1) is 10.2 Å². The van der Waals surface area contributed by atoms with E-state index in [1.54, 1.807) is 6.07 Å². The lowest BCUT2D eigenvalue weighted by molar-refractivity contribution is -0.137. The van der Waals surface area contributed by atoms with Gasteiger partial charge in [0.1, 0.15) is 12.4 Å². The molecule has 0 aliphatic heterocycles. The van der Waals surface area contributed by atoms with Crippen LogP contribution >= 0.6 is 0 Å². The van der Waals surface area contributed by atoms with E-state index in [0.29, 0.717) is 5.56 Å². The SMILES string of the molecule is O=C(Cn1nnc(-c2cccc(F)c2)n1)Nc1ccc(C(F)(F)F)cc1. The standard InChI is InChI=1S/C16H11F4N5O/c17-12-3-1-2-10(8-12)15-22-24-25(23-15)9-14(26)21-13-6-4-11(5-7-13)16(18,19)20/h1-8H,9H2,(H,21,26). The van der Waals surface area contributed by atoms with Crippen molar-refractivity contribution in [1.29, 1.82) is 0 Å². The number of nitrogens with zero attached hydrogens (tertiary/aromatic N) is 4. The Labute approximate surface area is 144 Å². The fourth-order valence-corrected chi connectivity index (χ4v) is 2.12. The smallest absolute Gasteiger partial charge is 0.324 e. The van der Waals surface area contributed by atoms with E-state index in [1.807, 2.05) is 0 Å². The number of anilines is 1. The van der Waals surface area contributed by atoms with Crippen molar-refractivity contribution in [3.05, 3.63) is 59.9 Å². The summed E-state index contributed by atoms with van der Waals surface area (Å²) in [6.45, 7) is -0.302. The molecule has 1 heterocycles. The summed E-state index contributed by atoms with van der Waals surface area (Å²) >= 11 is 0. The molecule has 1 aromatic heterocycles. The maximum atomic E-state index is 13.2. The molecular formula is C16H11F4N5O. The summed E-state index contributed by atoms with van der Waals surface area (Å²) in [5.74, 6) is -0.862. The van der Waals surface area contributed by atoms with Gasteiger partial charge in [-0.2, -0.15) is 18.0 Å². The van der Waals surface area contributed by atoms with E-state index in [0.717, 1.165) is 29.1 Å². The molecule has 0 saturated heterocycles. The highest BCUT2D eigenvalue weighted by Crippen LogP contribution is 2.29. The summed E-state index contributed by atoms with van der Waals surface area (Å²) < 4.78 is 50.7. The van der Waals surface area contributed by atoms with Crippen molar-refractivity contribution in [1.82, 2.24) is 20.2 Å². The molecule has 0 atom stereocenters. The molecule has 26 heavy (non-hydrogen) atoms. The monoisotopic (exact) mass is 365 g/mol. The summed E-state index contributed by atoms with van der Waals surface area (Å²) in [4.78, 5) is 12.9. The summed E-state index contributed by atoms with van der Waals surface area (Å²) in [5.41, 5.74) is -0.207. The maximum Gasteiger partial charge on any atom is 0.416 e. The van der Waals surface area contributed by atoms with Gasteiger partial charge in [-0.3, -0.25) is 4.79 Å². The normalized spacial score (nSPS) is 11.4. The first-order chi connectivity index (χ1) is 12.3. The maximum absolute atomic E-state index is 13.2. The third kappa shape index (κ3) is 4.21. The van der Waals surface area contributed by atoms with E-state index >= 15 is 0 Å². The number of nitrogens with one attached hydrogen (secondary N) is 1. The lowest BCUT2D eigenvalue weighted by Crippen LogP contribution is -2.20. The van der Waals surface area contributed by atoms with Crippen LogP contribution in [0.25, 0.3) is 11.4 Å². The Bertz CT molecular complexity index is 921. The molecule has 0 bridgehead atoms. The predicted molar refractivity (Wildman–Crippen MR) is 83.3 cm³/mol. The highest BCUT2D eigenvalue weighted by molar-refractivity contribution is 5.90. The second kappa shape index (κ2) is 6.90. The molecule has 0 aliphatic carbocycles. The third-order valence-electron chi connectivity index (χ3n) is 3.32. The number of amides is 1. The zero-order valence-corrected chi connectivity index (χ0v) is 13.0. The van der Waals surface area contributed by atoms with Crippen LogP contribution in [0.4, 0.5) is 23.2 Å². The molecule has 2 aromatic carbocycles. The summed E-state index contributed by atoms with van der Waals surface area (Å²) in [7, 11) is 0. The van der Waals surface area contributed by atoms with Gasteiger partial charge in [0.2, 0.25) is 11.7 Å². The Morgan fingerprint density at radius 2 is 1.85 bits per heavy atom. The molecule has 10 heteroatoms. The molecule has 0 spiro atoms. The van der Waals surface area contributed by atoms with Crippen LogP contribution in [0, 0.1) is 5.82 Å². The first kappa shape index (κ1) is 17.5. The van der Waals surface area contributed by atoms with Gasteiger partial charge in [0.25, 0.3) is 0 Å². The molecular weight excluding hydrogens is 354 g/mol. The summed E-state index contributed by atoms with van der Waals surface area (Å²) in [5, 5.41) is 13.8. The molecule has 0 unspecified atom stereocenters. The van der Waals surface area contributed by atoms with Crippen LogP contribution in [0.1, 0.15) is 5.56 Å². The molecule has 0 fully saturated rings. The number of alkyl halides is 3. The number of halogens is 4. The number of tetrazole rings is 1. The topological polar surface area (TPSA) is 72.7 Å². The van der Waals surface area contributed by atoms with E-state index in [9.17, 15) is 22.4 Å².